The van der Waals surface area contributed by atoms with Gasteiger partial charge in [-0.2, -0.15) is 0 Å². The standard InChI is InChI=1S/C15H20N2O2/c18-10-11-5-6-17(9-11)15(19)14-7-12-3-1-2-4-13(12)8-16-14/h1-4,11,14,16,18H,5-10H2/t11?,14-/m0/s1. The summed E-state index contributed by atoms with van der Waals surface area (Å²) < 4.78 is 0. The quantitative estimate of drug-likeness (QED) is 0.816. The monoisotopic (exact) mass is 260 g/mol. The van der Waals surface area contributed by atoms with Gasteiger partial charge in [0.1, 0.15) is 0 Å². The first kappa shape index (κ1) is 12.6. The third-order valence-corrected chi connectivity index (χ3v) is 4.24. The van der Waals surface area contributed by atoms with Crippen molar-refractivity contribution in [2.24, 2.45) is 5.92 Å². The molecule has 2 atom stereocenters. The molecule has 0 bridgehead atoms. The molecule has 4 heteroatoms. The number of carbonyl (C=O) groups is 1. The number of hydrogen-bond acceptors (Lipinski definition) is 3. The van der Waals surface area contributed by atoms with Crippen LogP contribution in [0.4, 0.5) is 0 Å². The molecule has 2 aliphatic rings. The molecule has 1 unspecified atom stereocenters. The highest BCUT2D eigenvalue weighted by molar-refractivity contribution is 5.82. The number of amides is 1. The zero-order valence-electron chi connectivity index (χ0n) is 11.0. The SMILES string of the molecule is O=C([C@@H]1Cc2ccccc2CN1)N1CCC(CO)C1. The summed E-state index contributed by atoms with van der Waals surface area (Å²) >= 11 is 0. The zero-order valence-corrected chi connectivity index (χ0v) is 11.0. The Morgan fingerprint density at radius 2 is 2.16 bits per heavy atom. The highest BCUT2D eigenvalue weighted by atomic mass is 16.3. The minimum absolute atomic E-state index is 0.104. The van der Waals surface area contributed by atoms with Gasteiger partial charge in [-0.3, -0.25) is 4.79 Å². The average Bonchev–Trinajstić information content (AvgIpc) is 2.95. The van der Waals surface area contributed by atoms with E-state index in [1.165, 1.54) is 11.1 Å². The number of benzene rings is 1. The fraction of sp³-hybridized carbons (Fsp3) is 0.533. The number of aliphatic hydroxyl groups is 1. The van der Waals surface area contributed by atoms with E-state index < -0.39 is 0 Å². The maximum Gasteiger partial charge on any atom is 0.240 e. The molecule has 0 radical (unpaired) electrons. The van der Waals surface area contributed by atoms with Crippen LogP contribution in [0.2, 0.25) is 0 Å². The third kappa shape index (κ3) is 2.51. The lowest BCUT2D eigenvalue weighted by molar-refractivity contribution is -0.132. The molecule has 1 fully saturated rings. The van der Waals surface area contributed by atoms with Crippen molar-refractivity contribution in [3.8, 4) is 0 Å². The van der Waals surface area contributed by atoms with Crippen LogP contribution in [0.1, 0.15) is 17.5 Å². The van der Waals surface area contributed by atoms with Gasteiger partial charge in [0.2, 0.25) is 5.91 Å². The van der Waals surface area contributed by atoms with Gasteiger partial charge in [0.15, 0.2) is 0 Å². The van der Waals surface area contributed by atoms with Crippen LogP contribution in [-0.4, -0.2) is 41.7 Å². The van der Waals surface area contributed by atoms with Gasteiger partial charge in [-0.15, -0.1) is 0 Å². The van der Waals surface area contributed by atoms with E-state index in [0.29, 0.717) is 6.54 Å². The molecular formula is C15H20N2O2. The first-order valence-corrected chi connectivity index (χ1v) is 6.97. The lowest BCUT2D eigenvalue weighted by Crippen LogP contribution is -2.48. The Kier molecular flexibility index (Phi) is 3.53. The predicted molar refractivity (Wildman–Crippen MR) is 72.5 cm³/mol. The first-order valence-electron chi connectivity index (χ1n) is 6.97. The maximum absolute atomic E-state index is 12.5. The van der Waals surface area contributed by atoms with Crippen LogP contribution in [-0.2, 0) is 17.8 Å². The number of carbonyl (C=O) groups excluding carboxylic acids is 1. The molecule has 0 spiro atoms. The van der Waals surface area contributed by atoms with Crippen molar-refractivity contribution in [3.63, 3.8) is 0 Å². The topological polar surface area (TPSA) is 52.6 Å². The summed E-state index contributed by atoms with van der Waals surface area (Å²) in [4.78, 5) is 14.3. The second-order valence-electron chi connectivity index (χ2n) is 5.53. The molecule has 0 aliphatic carbocycles. The van der Waals surface area contributed by atoms with E-state index in [9.17, 15) is 4.79 Å². The summed E-state index contributed by atoms with van der Waals surface area (Å²) in [7, 11) is 0. The largest absolute Gasteiger partial charge is 0.396 e. The van der Waals surface area contributed by atoms with Gasteiger partial charge in [0, 0.05) is 32.2 Å². The summed E-state index contributed by atoms with van der Waals surface area (Å²) in [5.41, 5.74) is 2.57. The van der Waals surface area contributed by atoms with Crippen molar-refractivity contribution >= 4 is 5.91 Å². The van der Waals surface area contributed by atoms with Crippen molar-refractivity contribution in [3.05, 3.63) is 35.4 Å². The lowest BCUT2D eigenvalue weighted by atomic mass is 9.95. The minimum Gasteiger partial charge on any atom is -0.396 e. The zero-order chi connectivity index (χ0) is 13.2. The molecule has 4 nitrogen and oxygen atoms in total. The number of nitrogens with zero attached hydrogens (tertiary/aromatic N) is 1. The average molecular weight is 260 g/mol. The number of rotatable bonds is 2. The molecule has 102 valence electrons. The van der Waals surface area contributed by atoms with Gasteiger partial charge in [-0.25, -0.2) is 0 Å². The third-order valence-electron chi connectivity index (χ3n) is 4.24. The van der Waals surface area contributed by atoms with Gasteiger partial charge >= 0.3 is 0 Å². The van der Waals surface area contributed by atoms with Crippen LogP contribution in [0.3, 0.4) is 0 Å². The Balaban J connectivity index is 1.66. The summed E-state index contributed by atoms with van der Waals surface area (Å²) in [6.45, 7) is 2.44. The van der Waals surface area contributed by atoms with Crippen LogP contribution in [0.25, 0.3) is 0 Å². The van der Waals surface area contributed by atoms with Gasteiger partial charge in [-0.1, -0.05) is 24.3 Å². The second-order valence-corrected chi connectivity index (χ2v) is 5.53. The Hall–Kier alpha value is -1.39. The smallest absolute Gasteiger partial charge is 0.240 e. The van der Waals surface area contributed by atoms with Crippen molar-refractivity contribution in [1.82, 2.24) is 10.2 Å². The van der Waals surface area contributed by atoms with E-state index in [4.69, 9.17) is 5.11 Å². The fourth-order valence-electron chi connectivity index (χ4n) is 3.03. The van der Waals surface area contributed by atoms with Crippen molar-refractivity contribution in [1.29, 1.82) is 0 Å². The van der Waals surface area contributed by atoms with E-state index in [2.05, 4.69) is 17.4 Å². The van der Waals surface area contributed by atoms with E-state index in [-0.39, 0.29) is 24.5 Å². The van der Waals surface area contributed by atoms with Crippen molar-refractivity contribution in [2.75, 3.05) is 19.7 Å². The van der Waals surface area contributed by atoms with Crippen LogP contribution in [0.5, 0.6) is 0 Å². The fourth-order valence-corrected chi connectivity index (χ4v) is 3.03. The van der Waals surface area contributed by atoms with Gasteiger partial charge in [0.05, 0.1) is 6.04 Å². The summed E-state index contributed by atoms with van der Waals surface area (Å²) in [6, 6.07) is 8.18. The number of aliphatic hydroxyl groups excluding tert-OH is 1. The highest BCUT2D eigenvalue weighted by Gasteiger charge is 2.32. The van der Waals surface area contributed by atoms with Gasteiger partial charge < -0.3 is 15.3 Å². The van der Waals surface area contributed by atoms with Crippen LogP contribution >= 0.6 is 0 Å². The first-order chi connectivity index (χ1) is 9.28. The molecule has 1 saturated heterocycles. The molecule has 2 aliphatic heterocycles. The molecular weight excluding hydrogens is 240 g/mol. The van der Waals surface area contributed by atoms with E-state index in [1.807, 2.05) is 17.0 Å². The summed E-state index contributed by atoms with van der Waals surface area (Å²) in [5.74, 6) is 0.449. The molecule has 1 aromatic carbocycles. The molecule has 2 heterocycles. The molecule has 1 aromatic rings. The normalized spacial score (nSPS) is 26.3. The second kappa shape index (κ2) is 5.31. The van der Waals surface area contributed by atoms with Crippen LogP contribution in [0, 0.1) is 5.92 Å². The molecule has 2 N–H and O–H groups in total. The molecule has 19 heavy (non-hydrogen) atoms. The Labute approximate surface area is 113 Å². The highest BCUT2D eigenvalue weighted by Crippen LogP contribution is 2.21. The van der Waals surface area contributed by atoms with Crippen LogP contribution in [0.15, 0.2) is 24.3 Å². The van der Waals surface area contributed by atoms with E-state index in [1.54, 1.807) is 0 Å². The number of hydrogen-bond donors (Lipinski definition) is 2. The summed E-state index contributed by atoms with van der Waals surface area (Å²) in [6.07, 6.45) is 1.70. The lowest BCUT2D eigenvalue weighted by Gasteiger charge is -2.29. The molecule has 3 rings (SSSR count). The number of nitrogens with one attached hydrogen (secondary N) is 1. The Morgan fingerprint density at radius 1 is 1.37 bits per heavy atom. The predicted octanol–water partition coefficient (Wildman–Crippen LogP) is 0.542. The number of likely N-dealkylation sites (tertiary alicyclic amines) is 1. The Morgan fingerprint density at radius 3 is 2.89 bits per heavy atom. The van der Waals surface area contributed by atoms with E-state index >= 15 is 0 Å². The van der Waals surface area contributed by atoms with Gasteiger partial charge in [-0.05, 0) is 24.0 Å². The van der Waals surface area contributed by atoms with Crippen molar-refractivity contribution in [2.45, 2.75) is 25.4 Å². The summed E-state index contributed by atoms with van der Waals surface area (Å²) in [5, 5.41) is 12.5. The molecule has 0 aromatic heterocycles. The maximum atomic E-state index is 12.5. The molecule has 1 amide bonds. The van der Waals surface area contributed by atoms with Crippen LogP contribution < -0.4 is 5.32 Å². The minimum atomic E-state index is -0.104. The number of fused-ring (bicyclic) bond motifs is 1. The molecule has 0 saturated carbocycles. The van der Waals surface area contributed by atoms with Gasteiger partial charge in [0.25, 0.3) is 0 Å². The van der Waals surface area contributed by atoms with Crippen molar-refractivity contribution < 1.29 is 9.90 Å². The Bertz CT molecular complexity index is 475. The van der Waals surface area contributed by atoms with E-state index in [0.717, 1.165) is 25.9 Å².